The molecule has 1 aromatic heterocycles. The zero-order valence-electron chi connectivity index (χ0n) is 13.9. The number of esters is 1. The van der Waals surface area contributed by atoms with E-state index in [0.29, 0.717) is 17.7 Å². The largest absolute Gasteiger partial charge is 0.465 e. The van der Waals surface area contributed by atoms with Crippen molar-refractivity contribution < 1.29 is 26.4 Å². The molecule has 2 aromatic rings. The summed E-state index contributed by atoms with van der Waals surface area (Å²) < 4.78 is 58.0. The van der Waals surface area contributed by atoms with Crippen LogP contribution in [0.4, 0.5) is 5.69 Å². The van der Waals surface area contributed by atoms with Gasteiger partial charge in [0, 0.05) is 6.54 Å². The Morgan fingerprint density at radius 2 is 1.96 bits per heavy atom. The van der Waals surface area contributed by atoms with Crippen LogP contribution in [0, 0.1) is 0 Å². The lowest BCUT2D eigenvalue weighted by molar-refractivity contribution is 0.0602. The van der Waals surface area contributed by atoms with Crippen LogP contribution in [0.15, 0.2) is 39.4 Å². The number of hydrogen-bond donors (Lipinski definition) is 1. The molecule has 26 heavy (non-hydrogen) atoms. The van der Waals surface area contributed by atoms with Gasteiger partial charge in [-0.3, -0.25) is 4.31 Å². The second kappa shape index (κ2) is 6.65. The normalized spacial score (nSPS) is 14.3. The Hall–Kier alpha value is -1.95. The first-order valence-electron chi connectivity index (χ1n) is 7.47. The molecule has 140 valence electrons. The molecule has 0 unspecified atom stereocenters. The van der Waals surface area contributed by atoms with Gasteiger partial charge in [-0.15, -0.1) is 11.3 Å². The number of rotatable bonds is 5. The van der Waals surface area contributed by atoms with Gasteiger partial charge >= 0.3 is 5.97 Å². The van der Waals surface area contributed by atoms with Crippen molar-refractivity contribution in [2.45, 2.75) is 16.2 Å². The van der Waals surface area contributed by atoms with Gasteiger partial charge in [0.05, 0.1) is 17.7 Å². The molecule has 0 atom stereocenters. The number of methoxy groups -OCH3 is 1. The number of nitrogens with one attached hydrogen (secondary N) is 1. The highest BCUT2D eigenvalue weighted by molar-refractivity contribution is 7.93. The molecule has 11 heteroatoms. The third-order valence-electron chi connectivity index (χ3n) is 4.05. The molecule has 0 radical (unpaired) electrons. The lowest BCUT2D eigenvalue weighted by Crippen LogP contribution is -2.30. The van der Waals surface area contributed by atoms with Crippen molar-refractivity contribution in [1.29, 1.82) is 0 Å². The second-order valence-corrected chi connectivity index (χ2v) is 10.1. The van der Waals surface area contributed by atoms with Crippen LogP contribution in [-0.4, -0.2) is 43.5 Å². The van der Waals surface area contributed by atoms with E-state index in [-0.39, 0.29) is 21.2 Å². The van der Waals surface area contributed by atoms with E-state index in [0.717, 1.165) is 11.3 Å². The molecule has 8 nitrogen and oxygen atoms in total. The Morgan fingerprint density at radius 3 is 2.62 bits per heavy atom. The van der Waals surface area contributed by atoms with Gasteiger partial charge in [0.2, 0.25) is 10.0 Å². The van der Waals surface area contributed by atoms with Crippen LogP contribution in [0.1, 0.15) is 15.2 Å². The maximum atomic E-state index is 13.0. The van der Waals surface area contributed by atoms with E-state index >= 15 is 0 Å². The molecular formula is C15H16N2O6S3. The Kier molecular flexibility index (Phi) is 4.82. The van der Waals surface area contributed by atoms with E-state index in [2.05, 4.69) is 9.46 Å². The van der Waals surface area contributed by atoms with Crippen LogP contribution in [-0.2, 0) is 31.2 Å². The topological polar surface area (TPSA) is 110 Å². The highest BCUT2D eigenvalue weighted by atomic mass is 32.2. The van der Waals surface area contributed by atoms with E-state index in [4.69, 9.17) is 0 Å². The van der Waals surface area contributed by atoms with Gasteiger partial charge in [0.25, 0.3) is 10.0 Å². The molecule has 1 aliphatic heterocycles. The first kappa shape index (κ1) is 18.8. The average Bonchev–Trinajstić information content (AvgIpc) is 3.27. The fourth-order valence-electron chi connectivity index (χ4n) is 2.74. The van der Waals surface area contributed by atoms with Gasteiger partial charge < -0.3 is 4.74 Å². The maximum absolute atomic E-state index is 13.0. The lowest BCUT2D eigenvalue weighted by Gasteiger charge is -2.19. The van der Waals surface area contributed by atoms with E-state index in [1.54, 1.807) is 0 Å². The minimum atomic E-state index is -3.97. The van der Waals surface area contributed by atoms with Gasteiger partial charge in [0.15, 0.2) is 0 Å². The Balaban J connectivity index is 2.04. The average molecular weight is 417 g/mol. The molecule has 1 aliphatic rings. The first-order chi connectivity index (χ1) is 12.2. The van der Waals surface area contributed by atoms with Gasteiger partial charge in [-0.1, -0.05) is 0 Å². The number of sulfonamides is 2. The quantitative estimate of drug-likeness (QED) is 0.734. The molecule has 1 aromatic carbocycles. The Bertz CT molecular complexity index is 1070. The summed E-state index contributed by atoms with van der Waals surface area (Å²) in [5, 5.41) is 1.51. The second-order valence-electron chi connectivity index (χ2n) is 5.43. The SMILES string of the molecule is CNS(=O)(=O)c1ccc2c(c1)CCN2S(=O)(=O)c1ccsc1C(=O)OC. The summed E-state index contributed by atoms with van der Waals surface area (Å²) >= 11 is 0.990. The molecular weight excluding hydrogens is 400 g/mol. The molecule has 0 saturated carbocycles. The van der Waals surface area contributed by atoms with Crippen molar-refractivity contribution in [3.8, 4) is 0 Å². The minimum absolute atomic E-state index is 0.00957. The highest BCUT2D eigenvalue weighted by Gasteiger charge is 2.35. The summed E-state index contributed by atoms with van der Waals surface area (Å²) in [6.07, 6.45) is 0.374. The molecule has 0 spiro atoms. The van der Waals surface area contributed by atoms with Gasteiger partial charge in [-0.2, -0.15) is 0 Å². The van der Waals surface area contributed by atoms with Crippen molar-refractivity contribution in [3.63, 3.8) is 0 Å². The number of ether oxygens (including phenoxy) is 1. The van der Waals surface area contributed by atoms with Crippen molar-refractivity contribution in [1.82, 2.24) is 4.72 Å². The molecule has 2 heterocycles. The number of fused-ring (bicyclic) bond motifs is 1. The van der Waals surface area contributed by atoms with Crippen LogP contribution in [0.3, 0.4) is 0 Å². The van der Waals surface area contributed by atoms with Gasteiger partial charge in [-0.25, -0.2) is 26.4 Å². The number of thiophene rings is 1. The number of anilines is 1. The molecule has 0 aliphatic carbocycles. The number of benzene rings is 1. The van der Waals surface area contributed by atoms with E-state index in [1.165, 1.54) is 48.1 Å². The summed E-state index contributed by atoms with van der Waals surface area (Å²) in [6.45, 7) is 0.164. The smallest absolute Gasteiger partial charge is 0.349 e. The van der Waals surface area contributed by atoms with Gasteiger partial charge in [0.1, 0.15) is 9.77 Å². The van der Waals surface area contributed by atoms with E-state index in [9.17, 15) is 21.6 Å². The van der Waals surface area contributed by atoms with E-state index < -0.39 is 26.0 Å². The van der Waals surface area contributed by atoms with Crippen molar-refractivity contribution >= 4 is 43.0 Å². The number of nitrogens with zero attached hydrogens (tertiary/aromatic N) is 1. The summed E-state index contributed by atoms with van der Waals surface area (Å²) in [4.78, 5) is 11.8. The monoisotopic (exact) mass is 416 g/mol. The van der Waals surface area contributed by atoms with Crippen LogP contribution >= 0.6 is 11.3 Å². The van der Waals surface area contributed by atoms with Crippen LogP contribution in [0.2, 0.25) is 0 Å². The molecule has 0 amide bonds. The molecule has 1 N–H and O–H groups in total. The zero-order chi connectivity index (χ0) is 19.1. The number of carbonyl (C=O) groups is 1. The Labute approximate surface area is 155 Å². The summed E-state index contributed by atoms with van der Waals surface area (Å²) in [7, 11) is -5.09. The van der Waals surface area contributed by atoms with E-state index in [1.807, 2.05) is 0 Å². The fraction of sp³-hybridized carbons (Fsp3) is 0.267. The Morgan fingerprint density at radius 1 is 1.23 bits per heavy atom. The molecule has 0 fully saturated rings. The van der Waals surface area contributed by atoms with Gasteiger partial charge in [-0.05, 0) is 48.7 Å². The summed E-state index contributed by atoms with van der Waals surface area (Å²) in [6, 6.07) is 5.65. The predicted molar refractivity (Wildman–Crippen MR) is 96.6 cm³/mol. The predicted octanol–water partition coefficient (Wildman–Crippen LogP) is 1.19. The van der Waals surface area contributed by atoms with Crippen LogP contribution in [0.25, 0.3) is 0 Å². The highest BCUT2D eigenvalue weighted by Crippen LogP contribution is 2.36. The zero-order valence-corrected chi connectivity index (χ0v) is 16.4. The van der Waals surface area contributed by atoms with Crippen LogP contribution in [0.5, 0.6) is 0 Å². The standard InChI is InChI=1S/C15H16N2O6S3/c1-16-25(19,20)11-3-4-12-10(9-11)5-7-17(12)26(21,22)13-6-8-24-14(13)15(18)23-2/h3-4,6,8-9,16H,5,7H2,1-2H3. The third kappa shape index (κ3) is 3.00. The van der Waals surface area contributed by atoms with Crippen molar-refractivity contribution in [2.75, 3.05) is 25.0 Å². The number of hydrogen-bond acceptors (Lipinski definition) is 7. The third-order valence-corrected chi connectivity index (χ3v) is 8.34. The fourth-order valence-corrected chi connectivity index (χ4v) is 6.34. The van der Waals surface area contributed by atoms with Crippen LogP contribution < -0.4 is 9.03 Å². The summed E-state index contributed by atoms with van der Waals surface area (Å²) in [5.74, 6) is -0.714. The molecule has 0 bridgehead atoms. The number of carbonyl (C=O) groups excluding carboxylic acids is 1. The minimum Gasteiger partial charge on any atom is -0.465 e. The van der Waals surface area contributed by atoms with Crippen molar-refractivity contribution in [2.24, 2.45) is 0 Å². The lowest BCUT2D eigenvalue weighted by atomic mass is 10.2. The van der Waals surface area contributed by atoms with Crippen molar-refractivity contribution in [3.05, 3.63) is 40.1 Å². The molecule has 3 rings (SSSR count). The molecule has 0 saturated heterocycles. The summed E-state index contributed by atoms with van der Waals surface area (Å²) in [5.41, 5.74) is 1.02. The maximum Gasteiger partial charge on any atom is 0.349 e. The first-order valence-corrected chi connectivity index (χ1v) is 11.3.